The van der Waals surface area contributed by atoms with E-state index in [9.17, 15) is 4.79 Å². The maximum atomic E-state index is 11.1. The number of aromatic nitrogens is 3. The molecule has 7 heteroatoms. The van der Waals surface area contributed by atoms with E-state index in [0.29, 0.717) is 6.04 Å². The van der Waals surface area contributed by atoms with E-state index in [4.69, 9.17) is 14.6 Å². The molecule has 0 spiro atoms. The highest BCUT2D eigenvalue weighted by molar-refractivity contribution is 5.86. The van der Waals surface area contributed by atoms with Crippen molar-refractivity contribution in [1.82, 2.24) is 14.8 Å². The zero-order valence-corrected chi connectivity index (χ0v) is 17.8. The number of rotatable bonds is 5. The van der Waals surface area contributed by atoms with Gasteiger partial charge in [-0.15, -0.1) is 0 Å². The Balaban J connectivity index is 1.48. The molecule has 1 unspecified atom stereocenters. The third-order valence-electron chi connectivity index (χ3n) is 6.30. The SMILES string of the molecule is COc1cc2nn(C3CCC(C=O)CC3)cc2cc1N1C=COC1c1ccnc(C)c1. The average molecular weight is 418 g/mol. The maximum Gasteiger partial charge on any atom is 0.202 e. The Bertz CT molecular complexity index is 1130. The first-order valence-corrected chi connectivity index (χ1v) is 10.7. The van der Waals surface area contributed by atoms with Crippen LogP contribution in [-0.2, 0) is 9.53 Å². The van der Waals surface area contributed by atoms with Crippen molar-refractivity contribution in [1.29, 1.82) is 0 Å². The van der Waals surface area contributed by atoms with Crippen molar-refractivity contribution in [2.45, 2.75) is 44.9 Å². The molecule has 3 aromatic rings. The lowest BCUT2D eigenvalue weighted by Crippen LogP contribution is -2.20. The van der Waals surface area contributed by atoms with Crippen LogP contribution in [-0.4, -0.2) is 28.2 Å². The fourth-order valence-corrected chi connectivity index (χ4v) is 4.60. The maximum absolute atomic E-state index is 11.1. The Morgan fingerprint density at radius 1 is 1.19 bits per heavy atom. The minimum Gasteiger partial charge on any atom is -0.494 e. The fourth-order valence-electron chi connectivity index (χ4n) is 4.60. The predicted molar refractivity (Wildman–Crippen MR) is 118 cm³/mol. The van der Waals surface area contributed by atoms with Gasteiger partial charge in [0.05, 0.1) is 24.4 Å². The molecule has 0 amide bonds. The number of aldehydes is 1. The van der Waals surface area contributed by atoms with E-state index in [-0.39, 0.29) is 12.1 Å². The first kappa shape index (κ1) is 19.6. The summed E-state index contributed by atoms with van der Waals surface area (Å²) >= 11 is 0. The number of hydrogen-bond acceptors (Lipinski definition) is 6. The number of methoxy groups -OCH3 is 1. The monoisotopic (exact) mass is 418 g/mol. The standard InChI is InChI=1S/C24H26N4O3/c1-16-11-18(7-8-25-16)24-27(9-10-31-24)22-12-19-14-28(26-21(19)13-23(22)30-2)20-5-3-17(15-29)4-6-20/h7-15,17,20,24H,3-6H2,1-2H3. The van der Waals surface area contributed by atoms with Crippen molar-refractivity contribution >= 4 is 22.9 Å². The van der Waals surface area contributed by atoms with Gasteiger partial charge in [-0.3, -0.25) is 9.67 Å². The Hall–Kier alpha value is -3.35. The van der Waals surface area contributed by atoms with Crippen LogP contribution in [0.15, 0.2) is 49.1 Å². The van der Waals surface area contributed by atoms with Gasteiger partial charge in [0.25, 0.3) is 0 Å². The topological polar surface area (TPSA) is 69.5 Å². The number of anilines is 1. The largest absolute Gasteiger partial charge is 0.494 e. The molecule has 3 heterocycles. The number of fused-ring (bicyclic) bond motifs is 1. The summed E-state index contributed by atoms with van der Waals surface area (Å²) in [5.74, 6) is 0.942. The Morgan fingerprint density at radius 3 is 2.77 bits per heavy atom. The summed E-state index contributed by atoms with van der Waals surface area (Å²) in [5.41, 5.74) is 3.80. The lowest BCUT2D eigenvalue weighted by atomic mass is 9.87. The van der Waals surface area contributed by atoms with Crippen LogP contribution in [0.4, 0.5) is 5.69 Å². The van der Waals surface area contributed by atoms with Gasteiger partial charge in [-0.1, -0.05) is 0 Å². The molecule has 0 N–H and O–H groups in total. The molecule has 1 fully saturated rings. The summed E-state index contributed by atoms with van der Waals surface area (Å²) in [7, 11) is 1.68. The Labute approximate surface area is 181 Å². The number of nitrogens with zero attached hydrogens (tertiary/aromatic N) is 4. The minimum absolute atomic E-state index is 0.198. The molecule has 31 heavy (non-hydrogen) atoms. The van der Waals surface area contributed by atoms with Crippen molar-refractivity contribution in [3.05, 3.63) is 60.4 Å². The molecule has 1 aromatic carbocycles. The lowest BCUT2D eigenvalue weighted by Gasteiger charge is -2.26. The van der Waals surface area contributed by atoms with E-state index in [2.05, 4.69) is 26.8 Å². The molecule has 2 aromatic heterocycles. The molecule has 0 bridgehead atoms. The first-order valence-electron chi connectivity index (χ1n) is 10.7. The van der Waals surface area contributed by atoms with Gasteiger partial charge in [0.1, 0.15) is 18.3 Å². The lowest BCUT2D eigenvalue weighted by molar-refractivity contribution is -0.112. The van der Waals surface area contributed by atoms with Gasteiger partial charge in [-0.2, -0.15) is 5.10 Å². The van der Waals surface area contributed by atoms with Crippen LogP contribution in [0.2, 0.25) is 0 Å². The minimum atomic E-state index is -0.276. The van der Waals surface area contributed by atoms with E-state index >= 15 is 0 Å². The van der Waals surface area contributed by atoms with Crippen molar-refractivity contribution in [2.24, 2.45) is 5.92 Å². The molecule has 0 saturated heterocycles. The van der Waals surface area contributed by atoms with Crippen LogP contribution in [0, 0.1) is 12.8 Å². The molecule has 2 aliphatic rings. The van der Waals surface area contributed by atoms with Crippen LogP contribution >= 0.6 is 0 Å². The molecule has 1 atom stereocenters. The average Bonchev–Trinajstić information content (AvgIpc) is 3.45. The highest BCUT2D eigenvalue weighted by atomic mass is 16.5. The highest BCUT2D eigenvalue weighted by Gasteiger charge is 2.28. The normalized spacial score (nSPS) is 23.2. The van der Waals surface area contributed by atoms with Crippen LogP contribution in [0.25, 0.3) is 10.9 Å². The summed E-state index contributed by atoms with van der Waals surface area (Å²) in [4.78, 5) is 17.4. The van der Waals surface area contributed by atoms with Gasteiger partial charge >= 0.3 is 0 Å². The summed E-state index contributed by atoms with van der Waals surface area (Å²) in [6, 6.07) is 8.42. The van der Waals surface area contributed by atoms with Crippen LogP contribution in [0.3, 0.4) is 0 Å². The second-order valence-corrected chi connectivity index (χ2v) is 8.31. The predicted octanol–water partition coefficient (Wildman–Crippen LogP) is 4.69. The zero-order valence-electron chi connectivity index (χ0n) is 17.8. The summed E-state index contributed by atoms with van der Waals surface area (Å²) in [6.45, 7) is 1.97. The van der Waals surface area contributed by atoms with Crippen LogP contribution < -0.4 is 9.64 Å². The van der Waals surface area contributed by atoms with Crippen molar-refractivity contribution in [3.8, 4) is 5.75 Å². The molecule has 1 saturated carbocycles. The molecule has 1 aliphatic heterocycles. The van der Waals surface area contributed by atoms with Gasteiger partial charge in [0, 0.05) is 47.2 Å². The van der Waals surface area contributed by atoms with Crippen molar-refractivity contribution in [3.63, 3.8) is 0 Å². The van der Waals surface area contributed by atoms with Gasteiger partial charge < -0.3 is 19.2 Å². The quantitative estimate of drug-likeness (QED) is 0.560. The number of benzene rings is 1. The molecule has 7 nitrogen and oxygen atoms in total. The third kappa shape index (κ3) is 3.65. The molecule has 5 rings (SSSR count). The highest BCUT2D eigenvalue weighted by Crippen LogP contribution is 2.41. The number of ether oxygens (including phenoxy) is 2. The van der Waals surface area contributed by atoms with Crippen LogP contribution in [0.5, 0.6) is 5.75 Å². The van der Waals surface area contributed by atoms with Crippen molar-refractivity contribution in [2.75, 3.05) is 12.0 Å². The Kier molecular flexibility index (Phi) is 5.10. The number of carbonyl (C=O) groups excluding carboxylic acids is 1. The summed E-state index contributed by atoms with van der Waals surface area (Å²) in [6.07, 6.45) is 12.2. The molecule has 1 aliphatic carbocycles. The van der Waals surface area contributed by atoms with E-state index in [1.54, 1.807) is 19.6 Å². The van der Waals surface area contributed by atoms with Gasteiger partial charge in [0.15, 0.2) is 0 Å². The third-order valence-corrected chi connectivity index (χ3v) is 6.30. The zero-order chi connectivity index (χ0) is 21.4. The molecular weight excluding hydrogens is 392 g/mol. The summed E-state index contributed by atoms with van der Waals surface area (Å²) in [5, 5.41) is 5.88. The fraction of sp³-hybridized carbons (Fsp3) is 0.375. The number of hydrogen-bond donors (Lipinski definition) is 0. The Morgan fingerprint density at radius 2 is 2.03 bits per heavy atom. The first-order chi connectivity index (χ1) is 15.2. The smallest absolute Gasteiger partial charge is 0.202 e. The van der Waals surface area contributed by atoms with Gasteiger partial charge in [-0.25, -0.2) is 0 Å². The number of aryl methyl sites for hydroxylation is 1. The van der Waals surface area contributed by atoms with E-state index < -0.39 is 0 Å². The summed E-state index contributed by atoms with van der Waals surface area (Å²) < 4.78 is 13.7. The van der Waals surface area contributed by atoms with Crippen LogP contribution in [0.1, 0.15) is 49.2 Å². The second-order valence-electron chi connectivity index (χ2n) is 8.31. The molecule has 160 valence electrons. The number of pyridine rings is 1. The molecule has 0 radical (unpaired) electrons. The van der Waals surface area contributed by atoms with E-state index in [0.717, 1.165) is 65.6 Å². The van der Waals surface area contributed by atoms with E-state index in [1.165, 1.54) is 0 Å². The van der Waals surface area contributed by atoms with Gasteiger partial charge in [-0.05, 0) is 50.8 Å². The van der Waals surface area contributed by atoms with E-state index in [1.807, 2.05) is 31.3 Å². The van der Waals surface area contributed by atoms with Crippen molar-refractivity contribution < 1.29 is 14.3 Å². The molecular formula is C24H26N4O3. The van der Waals surface area contributed by atoms with Gasteiger partial charge in [0.2, 0.25) is 6.23 Å². The number of carbonyl (C=O) groups is 1. The second kappa shape index (κ2) is 8.06.